The fourth-order valence-electron chi connectivity index (χ4n) is 2.56. The largest absolute Gasteiger partial charge is 0.384 e. The van der Waals surface area contributed by atoms with E-state index in [-0.39, 0.29) is 11.9 Å². The van der Waals surface area contributed by atoms with Crippen LogP contribution in [0.3, 0.4) is 0 Å². The first-order valence-corrected chi connectivity index (χ1v) is 8.58. The summed E-state index contributed by atoms with van der Waals surface area (Å²) in [6.07, 6.45) is 2.70. The summed E-state index contributed by atoms with van der Waals surface area (Å²) in [5, 5.41) is 3.35. The highest BCUT2D eigenvalue weighted by Gasteiger charge is 2.22. The number of benzene rings is 1. The molecule has 4 heteroatoms. The highest BCUT2D eigenvalue weighted by atomic mass is 16.2. The second-order valence-electron chi connectivity index (χ2n) is 6.31. The summed E-state index contributed by atoms with van der Waals surface area (Å²) in [4.78, 5) is 19.3. The molecule has 1 amide bonds. The van der Waals surface area contributed by atoms with Crippen LogP contribution in [0, 0.1) is 6.92 Å². The van der Waals surface area contributed by atoms with E-state index in [1.54, 1.807) is 6.20 Å². The van der Waals surface area contributed by atoms with Crippen LogP contribution in [0.1, 0.15) is 48.8 Å². The Morgan fingerprint density at radius 1 is 1.25 bits per heavy atom. The van der Waals surface area contributed by atoms with Gasteiger partial charge in [0.25, 0.3) is 5.91 Å². The molecule has 0 aliphatic heterocycles. The van der Waals surface area contributed by atoms with Crippen molar-refractivity contribution in [3.8, 4) is 0 Å². The molecule has 0 radical (unpaired) electrons. The normalized spacial score (nSPS) is 10.7. The van der Waals surface area contributed by atoms with Gasteiger partial charge < -0.3 is 10.2 Å². The van der Waals surface area contributed by atoms with E-state index in [2.05, 4.69) is 17.2 Å². The number of aromatic nitrogens is 1. The first-order chi connectivity index (χ1) is 11.5. The molecule has 4 nitrogen and oxygen atoms in total. The van der Waals surface area contributed by atoms with Crippen molar-refractivity contribution in [1.29, 1.82) is 0 Å². The van der Waals surface area contributed by atoms with Crippen molar-refractivity contribution < 1.29 is 4.79 Å². The third-order valence-electron chi connectivity index (χ3n) is 3.92. The van der Waals surface area contributed by atoms with Crippen LogP contribution < -0.4 is 5.32 Å². The second-order valence-corrected chi connectivity index (χ2v) is 6.31. The molecule has 2 rings (SSSR count). The molecule has 2 aromatic rings. The van der Waals surface area contributed by atoms with Crippen LogP contribution in [-0.2, 0) is 6.54 Å². The molecule has 0 bridgehead atoms. The van der Waals surface area contributed by atoms with Crippen LogP contribution in [0.2, 0.25) is 0 Å². The summed E-state index contributed by atoms with van der Waals surface area (Å²) >= 11 is 0. The number of carbonyl (C=O) groups is 1. The molecule has 0 saturated carbocycles. The van der Waals surface area contributed by atoms with Crippen LogP contribution in [0.25, 0.3) is 0 Å². The molecule has 1 heterocycles. The Labute approximate surface area is 144 Å². The SMILES string of the molecule is CCCNc1cc(C)ncc1C(=O)N(Cc1ccccc1)C(C)C. The van der Waals surface area contributed by atoms with Crippen molar-refractivity contribution in [3.05, 3.63) is 59.4 Å². The average molecular weight is 325 g/mol. The summed E-state index contributed by atoms with van der Waals surface area (Å²) in [7, 11) is 0. The molecule has 0 saturated heterocycles. The molecule has 0 atom stereocenters. The predicted molar refractivity (Wildman–Crippen MR) is 99.2 cm³/mol. The first-order valence-electron chi connectivity index (χ1n) is 8.58. The third kappa shape index (κ3) is 4.57. The molecule has 0 spiro atoms. The summed E-state index contributed by atoms with van der Waals surface area (Å²) < 4.78 is 0. The molecule has 0 unspecified atom stereocenters. The monoisotopic (exact) mass is 325 g/mol. The van der Waals surface area contributed by atoms with Gasteiger partial charge in [0, 0.05) is 31.0 Å². The van der Waals surface area contributed by atoms with Crippen LogP contribution in [0.5, 0.6) is 0 Å². The molecule has 1 aromatic carbocycles. The summed E-state index contributed by atoms with van der Waals surface area (Å²) in [6.45, 7) is 9.57. The number of aryl methyl sites for hydroxylation is 1. The van der Waals surface area contributed by atoms with Crippen molar-refractivity contribution >= 4 is 11.6 Å². The second kappa shape index (κ2) is 8.48. The number of nitrogens with one attached hydrogen (secondary N) is 1. The average Bonchev–Trinajstić information content (AvgIpc) is 2.58. The fourth-order valence-corrected chi connectivity index (χ4v) is 2.56. The standard InChI is InChI=1S/C20H27N3O/c1-5-11-21-19-12-16(4)22-13-18(19)20(24)23(15(2)3)14-17-9-7-6-8-10-17/h6-10,12-13,15H,5,11,14H2,1-4H3,(H,21,22). The number of hydrogen-bond donors (Lipinski definition) is 1. The van der Waals surface area contributed by atoms with Crippen molar-refractivity contribution in [3.63, 3.8) is 0 Å². The van der Waals surface area contributed by atoms with Gasteiger partial charge >= 0.3 is 0 Å². The van der Waals surface area contributed by atoms with Gasteiger partial charge in [-0.3, -0.25) is 9.78 Å². The van der Waals surface area contributed by atoms with E-state index in [9.17, 15) is 4.79 Å². The van der Waals surface area contributed by atoms with Gasteiger partial charge in [-0.1, -0.05) is 37.3 Å². The zero-order chi connectivity index (χ0) is 17.5. The summed E-state index contributed by atoms with van der Waals surface area (Å²) in [5.41, 5.74) is 3.54. The molecule has 128 valence electrons. The lowest BCUT2D eigenvalue weighted by Crippen LogP contribution is -2.37. The maximum absolute atomic E-state index is 13.1. The third-order valence-corrected chi connectivity index (χ3v) is 3.92. The maximum Gasteiger partial charge on any atom is 0.258 e. The van der Waals surface area contributed by atoms with Crippen LogP contribution in [-0.4, -0.2) is 28.4 Å². The topological polar surface area (TPSA) is 45.2 Å². The number of pyridine rings is 1. The zero-order valence-corrected chi connectivity index (χ0v) is 15.0. The van der Waals surface area contributed by atoms with Gasteiger partial charge in [-0.2, -0.15) is 0 Å². The number of nitrogens with zero attached hydrogens (tertiary/aromatic N) is 2. The molecular weight excluding hydrogens is 298 g/mol. The Morgan fingerprint density at radius 3 is 2.58 bits per heavy atom. The van der Waals surface area contributed by atoms with E-state index in [0.29, 0.717) is 12.1 Å². The van der Waals surface area contributed by atoms with E-state index in [1.807, 2.05) is 62.1 Å². The van der Waals surface area contributed by atoms with Gasteiger partial charge in [0.1, 0.15) is 0 Å². The van der Waals surface area contributed by atoms with Crippen molar-refractivity contribution in [2.24, 2.45) is 0 Å². The van der Waals surface area contributed by atoms with E-state index in [4.69, 9.17) is 0 Å². The lowest BCUT2D eigenvalue weighted by atomic mass is 10.1. The Kier molecular flexibility index (Phi) is 6.36. The minimum absolute atomic E-state index is 0.0138. The zero-order valence-electron chi connectivity index (χ0n) is 15.0. The minimum atomic E-state index is 0.0138. The smallest absolute Gasteiger partial charge is 0.258 e. The molecule has 0 aliphatic rings. The van der Waals surface area contributed by atoms with Crippen LogP contribution >= 0.6 is 0 Å². The number of amides is 1. The highest BCUT2D eigenvalue weighted by Crippen LogP contribution is 2.20. The van der Waals surface area contributed by atoms with Gasteiger partial charge in [-0.25, -0.2) is 0 Å². The number of carbonyl (C=O) groups excluding carboxylic acids is 1. The van der Waals surface area contributed by atoms with Gasteiger partial charge in [-0.15, -0.1) is 0 Å². The minimum Gasteiger partial charge on any atom is -0.384 e. The molecule has 1 N–H and O–H groups in total. The molecule has 0 fully saturated rings. The van der Waals surface area contributed by atoms with Gasteiger partial charge in [-0.05, 0) is 38.8 Å². The lowest BCUT2D eigenvalue weighted by Gasteiger charge is -2.28. The highest BCUT2D eigenvalue weighted by molar-refractivity contribution is 5.99. The number of anilines is 1. The number of rotatable bonds is 7. The van der Waals surface area contributed by atoms with Crippen molar-refractivity contribution in [2.45, 2.75) is 46.7 Å². The van der Waals surface area contributed by atoms with Crippen LogP contribution in [0.4, 0.5) is 5.69 Å². The van der Waals surface area contributed by atoms with Crippen LogP contribution in [0.15, 0.2) is 42.6 Å². The Morgan fingerprint density at radius 2 is 1.96 bits per heavy atom. The molecule has 24 heavy (non-hydrogen) atoms. The lowest BCUT2D eigenvalue weighted by molar-refractivity contribution is 0.0691. The quantitative estimate of drug-likeness (QED) is 0.827. The summed E-state index contributed by atoms with van der Waals surface area (Å²) in [6, 6.07) is 12.1. The molecule has 1 aromatic heterocycles. The fraction of sp³-hybridized carbons (Fsp3) is 0.400. The summed E-state index contributed by atoms with van der Waals surface area (Å²) in [5.74, 6) is 0.0138. The van der Waals surface area contributed by atoms with Crippen molar-refractivity contribution in [2.75, 3.05) is 11.9 Å². The predicted octanol–water partition coefficient (Wildman–Crippen LogP) is 4.26. The van der Waals surface area contributed by atoms with E-state index in [1.165, 1.54) is 0 Å². The molecule has 0 aliphatic carbocycles. The van der Waals surface area contributed by atoms with E-state index < -0.39 is 0 Å². The Bertz CT molecular complexity index is 668. The van der Waals surface area contributed by atoms with E-state index >= 15 is 0 Å². The number of hydrogen-bond acceptors (Lipinski definition) is 3. The van der Waals surface area contributed by atoms with Gasteiger partial charge in [0.05, 0.1) is 11.3 Å². The Hall–Kier alpha value is -2.36. The van der Waals surface area contributed by atoms with Gasteiger partial charge in [0.2, 0.25) is 0 Å². The Balaban J connectivity index is 2.29. The van der Waals surface area contributed by atoms with Crippen molar-refractivity contribution in [1.82, 2.24) is 9.88 Å². The first kappa shape index (κ1) is 18.0. The van der Waals surface area contributed by atoms with E-state index in [0.717, 1.165) is 29.9 Å². The maximum atomic E-state index is 13.1. The molecular formula is C20H27N3O. The van der Waals surface area contributed by atoms with Gasteiger partial charge in [0.15, 0.2) is 0 Å².